The summed E-state index contributed by atoms with van der Waals surface area (Å²) in [6.45, 7) is -0.980. The van der Waals surface area contributed by atoms with Gasteiger partial charge in [-0.3, -0.25) is 4.57 Å². The van der Waals surface area contributed by atoms with E-state index in [0.29, 0.717) is 0 Å². The fourth-order valence-corrected chi connectivity index (χ4v) is 4.24. The number of aromatic nitrogens is 4. The quantitative estimate of drug-likeness (QED) is 0.200. The molecule has 184 valence electrons. The molecule has 0 spiro atoms. The molecule has 4 rings (SSSR count). The number of hydrogen-bond donors (Lipinski definition) is 4. The average Bonchev–Trinajstić information content (AvgIpc) is 3.33. The summed E-state index contributed by atoms with van der Waals surface area (Å²) < 4.78 is 22.4. The van der Waals surface area contributed by atoms with Crippen LogP contribution >= 0.6 is 19.4 Å². The normalized spacial score (nSPS) is 23.9. The van der Waals surface area contributed by atoms with Crippen LogP contribution in [0.15, 0.2) is 36.7 Å². The first kappa shape index (κ1) is 24.9. The van der Waals surface area contributed by atoms with Gasteiger partial charge in [-0.05, 0) is 23.6 Å². The Morgan fingerprint density at radius 1 is 1.24 bits per heavy atom. The molecule has 1 aliphatic rings. The molecule has 1 aromatic carbocycles. The number of anilines is 1. The van der Waals surface area contributed by atoms with Gasteiger partial charge in [0.25, 0.3) is 0 Å². The van der Waals surface area contributed by atoms with Crippen molar-refractivity contribution >= 4 is 36.4 Å². The zero-order valence-electron chi connectivity index (χ0n) is 17.5. The van der Waals surface area contributed by atoms with Gasteiger partial charge < -0.3 is 44.2 Å². The summed E-state index contributed by atoms with van der Waals surface area (Å²) in [6, 6.07) is 8.36. The Bertz CT molecular complexity index is 1180. The van der Waals surface area contributed by atoms with Crippen LogP contribution in [0.2, 0.25) is 5.28 Å². The molecule has 5 atom stereocenters. The molecule has 0 aliphatic carbocycles. The maximum absolute atomic E-state index is 11.0. The molecule has 0 amide bonds. The van der Waals surface area contributed by atoms with Crippen molar-refractivity contribution in [3.8, 4) is 0 Å². The molecule has 1 unspecified atom stereocenters. The predicted molar refractivity (Wildman–Crippen MR) is 114 cm³/mol. The third kappa shape index (κ3) is 5.54. The number of rotatable bonds is 9. The van der Waals surface area contributed by atoms with Crippen molar-refractivity contribution in [3.05, 3.63) is 47.5 Å². The lowest BCUT2D eigenvalue weighted by Crippen LogP contribution is -2.33. The number of halogens is 1. The number of hydrogen-bond acceptors (Lipinski definition) is 12. The number of benzene rings is 1. The van der Waals surface area contributed by atoms with Gasteiger partial charge in [0.05, 0.1) is 33.4 Å². The van der Waals surface area contributed by atoms with E-state index in [0.717, 1.165) is 5.56 Å². The van der Waals surface area contributed by atoms with E-state index in [1.165, 1.54) is 10.9 Å². The zero-order valence-corrected chi connectivity index (χ0v) is 19.1. The zero-order chi connectivity index (χ0) is 24.5. The highest BCUT2D eigenvalue weighted by Gasteiger charge is 2.44. The molecule has 4 N–H and O–H groups in total. The van der Waals surface area contributed by atoms with Gasteiger partial charge in [0.15, 0.2) is 23.2 Å². The van der Waals surface area contributed by atoms with Crippen molar-refractivity contribution in [2.24, 2.45) is 0 Å². The summed E-state index contributed by atoms with van der Waals surface area (Å²) in [5.74, 6) is 0.122. The van der Waals surface area contributed by atoms with Crippen LogP contribution in [-0.4, -0.2) is 72.4 Å². The van der Waals surface area contributed by atoms with Crippen molar-refractivity contribution in [2.75, 3.05) is 18.5 Å². The first-order chi connectivity index (χ1) is 16.2. The van der Waals surface area contributed by atoms with E-state index in [1.54, 1.807) is 0 Å². The standard InChI is InChI=1S/C19H23ClN5O8P/c20-19-23-16(22-11(8-32-34(29,30)31)6-10-4-2-1-3-5-10)13-17(24-19)25(9-21-13)18-15(28)14(27)12(7-26)33-18/h1-5,9,11-12,14-15,18,26-28H,6-8H2,(H,22,23,24)(H2,29,30,31)/p-2/t11?,12-,14-,15-,18-/m1/s1. The van der Waals surface area contributed by atoms with Gasteiger partial charge in [-0.1, -0.05) is 30.3 Å². The van der Waals surface area contributed by atoms with Gasteiger partial charge in [0.2, 0.25) is 5.28 Å². The number of phosphoric ester groups is 1. The molecule has 0 bridgehead atoms. The average molecular weight is 514 g/mol. The van der Waals surface area contributed by atoms with Crippen LogP contribution < -0.4 is 15.1 Å². The molecule has 3 aromatic rings. The molecule has 2 aromatic heterocycles. The number of phosphoric acid groups is 1. The Kier molecular flexibility index (Phi) is 7.48. The van der Waals surface area contributed by atoms with Crippen LogP contribution in [0.1, 0.15) is 11.8 Å². The highest BCUT2D eigenvalue weighted by Crippen LogP contribution is 2.33. The van der Waals surface area contributed by atoms with Gasteiger partial charge in [-0.15, -0.1) is 0 Å². The monoisotopic (exact) mass is 513 g/mol. The molecular formula is C19H21ClN5O8P-2. The third-order valence-electron chi connectivity index (χ3n) is 5.29. The van der Waals surface area contributed by atoms with Crippen molar-refractivity contribution in [1.29, 1.82) is 0 Å². The summed E-state index contributed by atoms with van der Waals surface area (Å²) in [5, 5.41) is 32.6. The van der Waals surface area contributed by atoms with Gasteiger partial charge in [0, 0.05) is 0 Å². The molecule has 15 heteroatoms. The Morgan fingerprint density at radius 2 is 1.97 bits per heavy atom. The van der Waals surface area contributed by atoms with Crippen LogP contribution in [0.4, 0.5) is 5.82 Å². The Morgan fingerprint density at radius 3 is 2.62 bits per heavy atom. The van der Waals surface area contributed by atoms with Gasteiger partial charge in [0.1, 0.15) is 18.3 Å². The minimum absolute atomic E-state index is 0.122. The number of ether oxygens (including phenoxy) is 1. The molecule has 0 saturated carbocycles. The number of aliphatic hydroxyl groups excluding tert-OH is 3. The van der Waals surface area contributed by atoms with Crippen molar-refractivity contribution < 1.29 is 38.9 Å². The molecule has 1 fully saturated rings. The van der Waals surface area contributed by atoms with Crippen molar-refractivity contribution in [1.82, 2.24) is 19.5 Å². The van der Waals surface area contributed by atoms with E-state index < -0.39 is 51.6 Å². The number of imidazole rings is 1. The summed E-state index contributed by atoms with van der Waals surface area (Å²) >= 11 is 6.10. The van der Waals surface area contributed by atoms with Gasteiger partial charge >= 0.3 is 0 Å². The van der Waals surface area contributed by atoms with Crippen LogP contribution in [-0.2, 0) is 20.2 Å². The third-order valence-corrected chi connectivity index (χ3v) is 5.92. The van der Waals surface area contributed by atoms with E-state index in [2.05, 4.69) is 24.8 Å². The highest BCUT2D eigenvalue weighted by molar-refractivity contribution is 7.43. The Balaban J connectivity index is 1.65. The highest BCUT2D eigenvalue weighted by atomic mass is 35.5. The second kappa shape index (κ2) is 10.2. The van der Waals surface area contributed by atoms with Crippen molar-refractivity contribution in [2.45, 2.75) is 37.0 Å². The van der Waals surface area contributed by atoms with Crippen LogP contribution in [0.25, 0.3) is 11.2 Å². The largest absolute Gasteiger partial charge is 0.790 e. The summed E-state index contributed by atoms with van der Waals surface area (Å²) in [4.78, 5) is 34.6. The molecule has 0 radical (unpaired) electrons. The summed E-state index contributed by atoms with van der Waals surface area (Å²) in [5.41, 5.74) is 1.19. The minimum atomic E-state index is -5.23. The van der Waals surface area contributed by atoms with E-state index in [9.17, 15) is 29.7 Å². The van der Waals surface area contributed by atoms with Crippen LogP contribution in [0.5, 0.6) is 0 Å². The summed E-state index contributed by atoms with van der Waals surface area (Å²) in [7, 11) is -5.23. The fourth-order valence-electron chi connectivity index (χ4n) is 3.71. The fraction of sp³-hybridized carbons (Fsp3) is 0.421. The summed E-state index contributed by atoms with van der Waals surface area (Å²) in [6.07, 6.45) is -3.24. The van der Waals surface area contributed by atoms with Gasteiger partial charge in [-0.2, -0.15) is 9.97 Å². The maximum atomic E-state index is 11.0. The lowest BCUT2D eigenvalue weighted by atomic mass is 10.1. The second-order valence-corrected chi connectivity index (χ2v) is 9.16. The molecule has 3 heterocycles. The molecule has 13 nitrogen and oxygen atoms in total. The second-order valence-electron chi connectivity index (χ2n) is 7.67. The number of aliphatic hydroxyl groups is 3. The lowest BCUT2D eigenvalue weighted by molar-refractivity contribution is -0.341. The lowest BCUT2D eigenvalue weighted by Gasteiger charge is -2.31. The smallest absolute Gasteiger partial charge is 0.226 e. The van der Waals surface area contributed by atoms with E-state index in [4.69, 9.17) is 16.3 Å². The minimum Gasteiger partial charge on any atom is -0.790 e. The molecule has 1 saturated heterocycles. The van der Waals surface area contributed by atoms with E-state index in [1.807, 2.05) is 30.3 Å². The van der Waals surface area contributed by atoms with Gasteiger partial charge in [-0.25, -0.2) is 4.98 Å². The van der Waals surface area contributed by atoms with E-state index >= 15 is 0 Å². The van der Waals surface area contributed by atoms with Crippen LogP contribution in [0, 0.1) is 0 Å². The molecule has 1 aliphatic heterocycles. The Hall–Kier alpha value is -2.19. The SMILES string of the molecule is O=P([O-])([O-])OCC(Cc1ccccc1)Nc1nc(Cl)nc2c1ncn2[C@@H]1O[C@H](CO)[C@@H](O)[C@H]1O. The first-order valence-electron chi connectivity index (χ1n) is 10.2. The van der Waals surface area contributed by atoms with Crippen LogP contribution in [0.3, 0.4) is 0 Å². The molecule has 34 heavy (non-hydrogen) atoms. The maximum Gasteiger partial charge on any atom is 0.226 e. The number of fused-ring (bicyclic) bond motifs is 1. The predicted octanol–water partition coefficient (Wildman–Crippen LogP) is -1.04. The van der Waals surface area contributed by atoms with Crippen molar-refractivity contribution in [3.63, 3.8) is 0 Å². The van der Waals surface area contributed by atoms with E-state index in [-0.39, 0.29) is 28.7 Å². The number of nitrogens with one attached hydrogen (secondary N) is 1. The number of nitrogens with zero attached hydrogens (tertiary/aromatic N) is 4. The first-order valence-corrected chi connectivity index (χ1v) is 12.0. The Labute approximate surface area is 198 Å². The topological polar surface area (TPSA) is 198 Å². The molecular weight excluding hydrogens is 493 g/mol.